The summed E-state index contributed by atoms with van der Waals surface area (Å²) >= 11 is 0. The van der Waals surface area contributed by atoms with Gasteiger partial charge in [0.25, 0.3) is 0 Å². The Labute approximate surface area is 117 Å². The zero-order valence-electron chi connectivity index (χ0n) is 11.0. The minimum atomic E-state index is -3.44. The van der Waals surface area contributed by atoms with Crippen molar-refractivity contribution in [1.82, 2.24) is 4.98 Å². The third-order valence-corrected chi connectivity index (χ3v) is 3.78. The second-order valence-electron chi connectivity index (χ2n) is 4.24. The molecule has 5 nitrogen and oxygen atoms in total. The topological polar surface area (TPSA) is 73.3 Å². The predicted molar refractivity (Wildman–Crippen MR) is 74.7 cm³/mol. The fourth-order valence-electron chi connectivity index (χ4n) is 1.77. The minimum absolute atomic E-state index is 0.0896. The molecule has 0 radical (unpaired) electrons. The Morgan fingerprint density at radius 1 is 1.15 bits per heavy atom. The fraction of sp³-hybridized carbons (Fsp3) is 0.143. The van der Waals surface area contributed by atoms with Gasteiger partial charge in [0.15, 0.2) is 20.6 Å². The smallest absolute Gasteiger partial charge is 0.197 e. The predicted octanol–water partition coefficient (Wildman–Crippen LogP) is 1.97. The van der Waals surface area contributed by atoms with Crippen molar-refractivity contribution in [3.63, 3.8) is 0 Å². The van der Waals surface area contributed by atoms with Crippen molar-refractivity contribution < 1.29 is 17.9 Å². The zero-order valence-corrected chi connectivity index (χ0v) is 11.8. The number of carbonyl (C=O) groups is 1. The SMILES string of the molecule is COc1cc(-c2ccc(C=O)cc2)cnc1S(C)(=O)=O. The van der Waals surface area contributed by atoms with Crippen molar-refractivity contribution in [2.24, 2.45) is 0 Å². The molecule has 0 fully saturated rings. The van der Waals surface area contributed by atoms with E-state index in [0.29, 0.717) is 11.1 Å². The van der Waals surface area contributed by atoms with Crippen molar-refractivity contribution in [2.75, 3.05) is 13.4 Å². The Hall–Kier alpha value is -2.21. The summed E-state index contributed by atoms with van der Waals surface area (Å²) in [7, 11) is -2.04. The van der Waals surface area contributed by atoms with Crippen molar-refractivity contribution in [1.29, 1.82) is 0 Å². The average molecular weight is 291 g/mol. The second kappa shape index (κ2) is 5.42. The number of rotatable bonds is 4. The van der Waals surface area contributed by atoms with Crippen LogP contribution in [0.15, 0.2) is 41.6 Å². The lowest BCUT2D eigenvalue weighted by Crippen LogP contribution is -2.03. The van der Waals surface area contributed by atoms with E-state index in [0.717, 1.165) is 18.1 Å². The molecule has 0 aliphatic carbocycles. The summed E-state index contributed by atoms with van der Waals surface area (Å²) in [6.45, 7) is 0. The van der Waals surface area contributed by atoms with E-state index in [1.165, 1.54) is 13.3 Å². The van der Waals surface area contributed by atoms with Crippen LogP contribution in [0.3, 0.4) is 0 Å². The van der Waals surface area contributed by atoms with Gasteiger partial charge in [-0.3, -0.25) is 4.79 Å². The molecule has 2 rings (SSSR count). The number of hydrogen-bond donors (Lipinski definition) is 0. The Balaban J connectivity index is 2.51. The molecule has 1 aromatic carbocycles. The van der Waals surface area contributed by atoms with Gasteiger partial charge in [0.2, 0.25) is 0 Å². The number of methoxy groups -OCH3 is 1. The number of aldehydes is 1. The van der Waals surface area contributed by atoms with Crippen LogP contribution in [0.5, 0.6) is 5.75 Å². The average Bonchev–Trinajstić information content (AvgIpc) is 2.45. The van der Waals surface area contributed by atoms with Gasteiger partial charge in [0.1, 0.15) is 6.29 Å². The van der Waals surface area contributed by atoms with Crippen LogP contribution in [0.25, 0.3) is 11.1 Å². The first-order valence-electron chi connectivity index (χ1n) is 5.75. The number of benzene rings is 1. The molecule has 0 saturated carbocycles. The van der Waals surface area contributed by atoms with E-state index in [4.69, 9.17) is 4.74 Å². The van der Waals surface area contributed by atoms with Crippen LogP contribution in [-0.4, -0.2) is 33.1 Å². The molecule has 20 heavy (non-hydrogen) atoms. The summed E-state index contributed by atoms with van der Waals surface area (Å²) in [6, 6.07) is 8.50. The highest BCUT2D eigenvalue weighted by molar-refractivity contribution is 7.90. The van der Waals surface area contributed by atoms with E-state index < -0.39 is 9.84 Å². The highest BCUT2D eigenvalue weighted by atomic mass is 32.2. The largest absolute Gasteiger partial charge is 0.494 e. The Morgan fingerprint density at radius 2 is 1.80 bits per heavy atom. The molecule has 1 aromatic heterocycles. The first-order chi connectivity index (χ1) is 9.45. The molecule has 0 spiro atoms. The molecule has 0 N–H and O–H groups in total. The normalized spacial score (nSPS) is 11.1. The van der Waals surface area contributed by atoms with Crippen molar-refractivity contribution >= 4 is 16.1 Å². The van der Waals surface area contributed by atoms with E-state index in [1.807, 2.05) is 0 Å². The summed E-state index contributed by atoms with van der Waals surface area (Å²) in [6.07, 6.45) is 3.31. The molecule has 0 bridgehead atoms. The van der Waals surface area contributed by atoms with E-state index >= 15 is 0 Å². The maximum absolute atomic E-state index is 11.6. The van der Waals surface area contributed by atoms with Gasteiger partial charge in [-0.2, -0.15) is 0 Å². The molecule has 0 aliphatic heterocycles. The highest BCUT2D eigenvalue weighted by Gasteiger charge is 2.16. The van der Waals surface area contributed by atoms with Gasteiger partial charge in [-0.05, 0) is 11.6 Å². The maximum Gasteiger partial charge on any atom is 0.197 e. The first-order valence-corrected chi connectivity index (χ1v) is 7.64. The van der Waals surface area contributed by atoms with Crippen LogP contribution in [0, 0.1) is 0 Å². The van der Waals surface area contributed by atoms with Gasteiger partial charge in [0, 0.05) is 23.6 Å². The minimum Gasteiger partial charge on any atom is -0.494 e. The lowest BCUT2D eigenvalue weighted by atomic mass is 10.1. The molecular weight excluding hydrogens is 278 g/mol. The van der Waals surface area contributed by atoms with Crippen LogP contribution in [0.1, 0.15) is 10.4 Å². The quantitative estimate of drug-likeness (QED) is 0.805. The van der Waals surface area contributed by atoms with E-state index in [-0.39, 0.29) is 10.8 Å². The van der Waals surface area contributed by atoms with Gasteiger partial charge in [0.05, 0.1) is 7.11 Å². The van der Waals surface area contributed by atoms with Crippen molar-refractivity contribution in [3.8, 4) is 16.9 Å². The third kappa shape index (κ3) is 2.85. The van der Waals surface area contributed by atoms with Gasteiger partial charge in [-0.15, -0.1) is 0 Å². The summed E-state index contributed by atoms with van der Waals surface area (Å²) in [5.74, 6) is 0.199. The highest BCUT2D eigenvalue weighted by Crippen LogP contribution is 2.28. The molecule has 0 atom stereocenters. The van der Waals surface area contributed by atoms with Crippen molar-refractivity contribution in [3.05, 3.63) is 42.1 Å². The molecule has 2 aromatic rings. The second-order valence-corrected chi connectivity index (χ2v) is 6.17. The third-order valence-electron chi connectivity index (χ3n) is 2.77. The standard InChI is InChI=1S/C14H13NO4S/c1-19-13-7-12(8-15-14(13)20(2,17)18)11-5-3-10(9-16)4-6-11/h3-9H,1-2H3. The Kier molecular flexibility index (Phi) is 3.85. The van der Waals surface area contributed by atoms with Gasteiger partial charge < -0.3 is 4.74 Å². The van der Waals surface area contributed by atoms with Crippen LogP contribution < -0.4 is 4.74 Å². The number of ether oxygens (including phenoxy) is 1. The Morgan fingerprint density at radius 3 is 2.30 bits per heavy atom. The molecule has 0 amide bonds. The number of hydrogen-bond acceptors (Lipinski definition) is 5. The lowest BCUT2D eigenvalue weighted by Gasteiger charge is -2.08. The number of nitrogens with zero attached hydrogens (tertiary/aromatic N) is 1. The van der Waals surface area contributed by atoms with Gasteiger partial charge >= 0.3 is 0 Å². The van der Waals surface area contributed by atoms with Crippen LogP contribution in [-0.2, 0) is 9.84 Å². The summed E-state index contributed by atoms with van der Waals surface area (Å²) in [5.41, 5.74) is 2.11. The maximum atomic E-state index is 11.6. The number of carbonyl (C=O) groups excluding carboxylic acids is 1. The van der Waals surface area contributed by atoms with Gasteiger partial charge in [-0.1, -0.05) is 24.3 Å². The van der Waals surface area contributed by atoms with E-state index in [1.54, 1.807) is 30.3 Å². The molecular formula is C14H13NO4S. The van der Waals surface area contributed by atoms with Crippen molar-refractivity contribution in [2.45, 2.75) is 5.03 Å². The summed E-state index contributed by atoms with van der Waals surface area (Å²) in [4.78, 5) is 14.6. The van der Waals surface area contributed by atoms with Gasteiger partial charge in [-0.25, -0.2) is 13.4 Å². The lowest BCUT2D eigenvalue weighted by molar-refractivity contribution is 0.112. The first kappa shape index (κ1) is 14.2. The van der Waals surface area contributed by atoms with Crippen LogP contribution in [0.4, 0.5) is 0 Å². The molecule has 1 heterocycles. The van der Waals surface area contributed by atoms with E-state index in [2.05, 4.69) is 4.98 Å². The van der Waals surface area contributed by atoms with E-state index in [9.17, 15) is 13.2 Å². The fourth-order valence-corrected chi connectivity index (χ4v) is 2.52. The molecule has 0 unspecified atom stereocenters. The number of sulfone groups is 1. The summed E-state index contributed by atoms with van der Waals surface area (Å²) in [5, 5.41) is -0.0896. The van der Waals surface area contributed by atoms with Crippen LogP contribution in [0.2, 0.25) is 0 Å². The summed E-state index contributed by atoms with van der Waals surface area (Å²) < 4.78 is 28.2. The zero-order chi connectivity index (χ0) is 14.8. The number of pyridine rings is 1. The molecule has 0 aliphatic rings. The molecule has 0 saturated heterocycles. The van der Waals surface area contributed by atoms with Crippen LogP contribution >= 0.6 is 0 Å². The monoisotopic (exact) mass is 291 g/mol. The molecule has 6 heteroatoms. The molecule has 104 valence electrons. The number of aromatic nitrogens is 1. The Bertz CT molecular complexity index is 736.